The van der Waals surface area contributed by atoms with Crippen LogP contribution in [0.1, 0.15) is 44.9 Å². The summed E-state index contributed by atoms with van der Waals surface area (Å²) in [5.74, 6) is 4.37. The van der Waals surface area contributed by atoms with Crippen LogP contribution >= 0.6 is 15.9 Å². The Balaban J connectivity index is 1.02. The second-order valence-electron chi connectivity index (χ2n) is 11.7. The van der Waals surface area contributed by atoms with Crippen molar-refractivity contribution >= 4 is 33.4 Å². The van der Waals surface area contributed by atoms with Crippen LogP contribution in [0.25, 0.3) is 0 Å². The second-order valence-corrected chi connectivity index (χ2v) is 12.6. The second kappa shape index (κ2) is 10.7. The molecule has 8 nitrogen and oxygen atoms in total. The number of likely N-dealkylation sites (tertiary alicyclic amines) is 1. The van der Waals surface area contributed by atoms with Gasteiger partial charge in [0.2, 0.25) is 5.95 Å². The summed E-state index contributed by atoms with van der Waals surface area (Å²) in [6.45, 7) is 3.94. The van der Waals surface area contributed by atoms with Crippen molar-refractivity contribution in [2.45, 2.75) is 56.6 Å². The molecule has 0 radical (unpaired) electrons. The predicted molar refractivity (Wildman–Crippen MR) is 147 cm³/mol. The van der Waals surface area contributed by atoms with E-state index in [0.29, 0.717) is 48.9 Å². The van der Waals surface area contributed by atoms with Crippen molar-refractivity contribution in [1.82, 2.24) is 14.9 Å². The molecular weight excluding hydrogens is 534 g/mol. The molecule has 2 heterocycles. The molecule has 1 saturated heterocycles. The van der Waals surface area contributed by atoms with Gasteiger partial charge in [-0.2, -0.15) is 4.98 Å². The third kappa shape index (κ3) is 5.75. The lowest BCUT2D eigenvalue weighted by Gasteiger charge is -2.58. The zero-order valence-electron chi connectivity index (χ0n) is 21.3. The fourth-order valence-electron chi connectivity index (χ4n) is 7.35. The Kier molecular flexibility index (Phi) is 7.31. The van der Waals surface area contributed by atoms with Crippen LogP contribution in [-0.4, -0.2) is 69.6 Å². The van der Waals surface area contributed by atoms with Crippen LogP contribution in [-0.2, 0) is 0 Å². The summed E-state index contributed by atoms with van der Waals surface area (Å²) >= 11 is 3.63. The molecule has 0 spiro atoms. The number of halogens is 1. The van der Waals surface area contributed by atoms with Crippen LogP contribution < -0.4 is 15.4 Å². The molecular formula is C28H38BrN5O3. The van der Waals surface area contributed by atoms with E-state index in [0.717, 1.165) is 73.5 Å². The Morgan fingerprint density at radius 1 is 1.08 bits per heavy atom. The highest BCUT2D eigenvalue weighted by Gasteiger charge is 2.54. The van der Waals surface area contributed by atoms with E-state index in [1.165, 1.54) is 12.8 Å². The molecule has 2 unspecified atom stereocenters. The molecule has 5 fully saturated rings. The van der Waals surface area contributed by atoms with E-state index in [9.17, 15) is 10.2 Å². The summed E-state index contributed by atoms with van der Waals surface area (Å²) in [6.07, 6.45) is 9.15. The van der Waals surface area contributed by atoms with E-state index >= 15 is 0 Å². The van der Waals surface area contributed by atoms with Crippen molar-refractivity contribution in [3.8, 4) is 5.75 Å². The smallest absolute Gasteiger partial charge is 0.229 e. The molecule has 1 aromatic heterocycles. The van der Waals surface area contributed by atoms with Crippen LogP contribution in [0.2, 0.25) is 0 Å². The van der Waals surface area contributed by atoms with Crippen LogP contribution in [0.3, 0.4) is 0 Å². The maximum absolute atomic E-state index is 10.9. The van der Waals surface area contributed by atoms with Gasteiger partial charge in [-0.25, -0.2) is 4.98 Å². The molecule has 9 heteroatoms. The van der Waals surface area contributed by atoms with Gasteiger partial charge in [-0.3, -0.25) is 4.90 Å². The van der Waals surface area contributed by atoms with E-state index in [2.05, 4.69) is 36.4 Å². The van der Waals surface area contributed by atoms with Gasteiger partial charge >= 0.3 is 0 Å². The number of aromatic nitrogens is 2. The summed E-state index contributed by atoms with van der Waals surface area (Å²) in [5, 5.41) is 27.2. The van der Waals surface area contributed by atoms with Gasteiger partial charge in [-0.1, -0.05) is 0 Å². The fourth-order valence-corrected chi connectivity index (χ4v) is 7.66. The lowest BCUT2D eigenvalue weighted by Crippen LogP contribution is -2.59. The van der Waals surface area contributed by atoms with Crippen molar-refractivity contribution < 1.29 is 14.9 Å². The van der Waals surface area contributed by atoms with Crippen molar-refractivity contribution in [3.05, 3.63) is 34.9 Å². The van der Waals surface area contributed by atoms with Gasteiger partial charge in [-0.05, 0) is 122 Å². The SMILES string of the molecule is OCC1CCN(CCOc2ccc(Nc3ncc(Br)c(N[C@H]4C5CC6CC4C[C@](O)(C6)C5)n3)cc2)CC1. The first-order valence-corrected chi connectivity index (χ1v) is 14.6. The molecule has 1 aromatic carbocycles. The molecule has 5 aliphatic rings. The van der Waals surface area contributed by atoms with Gasteiger partial charge < -0.3 is 25.6 Å². The van der Waals surface area contributed by atoms with E-state index < -0.39 is 5.60 Å². The van der Waals surface area contributed by atoms with Crippen LogP contribution in [0.5, 0.6) is 5.75 Å². The number of rotatable bonds is 9. The van der Waals surface area contributed by atoms with Gasteiger partial charge in [0.1, 0.15) is 18.2 Å². The summed E-state index contributed by atoms with van der Waals surface area (Å²) < 4.78 is 6.81. The first-order valence-electron chi connectivity index (χ1n) is 13.8. The number of benzene rings is 1. The van der Waals surface area contributed by atoms with Crippen LogP contribution in [0, 0.1) is 23.7 Å². The van der Waals surface area contributed by atoms with Gasteiger partial charge in [0.25, 0.3) is 0 Å². The van der Waals surface area contributed by atoms with Crippen molar-refractivity contribution in [2.75, 3.05) is 43.5 Å². The summed E-state index contributed by atoms with van der Waals surface area (Å²) in [5.41, 5.74) is 0.473. The number of nitrogens with one attached hydrogen (secondary N) is 2. The first-order chi connectivity index (χ1) is 18.0. The molecule has 4 bridgehead atoms. The standard InChI is InChI=1S/C28H38BrN5O3/c29-24-16-30-27(33-26(24)32-25-20-11-19-12-21(25)15-28(36,13-19)14-20)31-22-1-3-23(4-2-22)37-10-9-34-7-5-18(17-35)6-8-34/h1-4,16,18-21,25,35-36H,5-15,17H2,(H2,30,31,32,33)/t19?,20?,21?,25-,28-. The Morgan fingerprint density at radius 3 is 2.49 bits per heavy atom. The Labute approximate surface area is 227 Å². The minimum Gasteiger partial charge on any atom is -0.492 e. The van der Waals surface area contributed by atoms with Crippen LogP contribution in [0.15, 0.2) is 34.9 Å². The number of aliphatic hydroxyl groups excluding tert-OH is 1. The molecule has 2 atom stereocenters. The third-order valence-electron chi connectivity index (χ3n) is 9.04. The Morgan fingerprint density at radius 2 is 1.81 bits per heavy atom. The summed E-state index contributed by atoms with van der Waals surface area (Å²) in [4.78, 5) is 11.6. The average Bonchev–Trinajstić information content (AvgIpc) is 2.88. The monoisotopic (exact) mass is 571 g/mol. The first kappa shape index (κ1) is 25.3. The maximum Gasteiger partial charge on any atom is 0.229 e. The fraction of sp³-hybridized carbons (Fsp3) is 0.643. The largest absolute Gasteiger partial charge is 0.492 e. The highest BCUT2D eigenvalue weighted by Crippen LogP contribution is 2.56. The molecule has 37 heavy (non-hydrogen) atoms. The van der Waals surface area contributed by atoms with E-state index in [1.54, 1.807) is 6.20 Å². The molecule has 7 rings (SSSR count). The highest BCUT2D eigenvalue weighted by atomic mass is 79.9. The number of hydrogen-bond donors (Lipinski definition) is 4. The number of ether oxygens (including phenoxy) is 1. The minimum absolute atomic E-state index is 0.306. The number of anilines is 3. The van der Waals surface area contributed by atoms with Gasteiger partial charge in [0.05, 0.1) is 10.1 Å². The lowest BCUT2D eigenvalue weighted by atomic mass is 9.52. The normalized spacial score (nSPS) is 31.4. The minimum atomic E-state index is -0.433. The summed E-state index contributed by atoms with van der Waals surface area (Å²) in [7, 11) is 0. The maximum atomic E-state index is 10.9. The highest BCUT2D eigenvalue weighted by molar-refractivity contribution is 9.10. The van der Waals surface area contributed by atoms with Gasteiger partial charge in [0.15, 0.2) is 0 Å². The van der Waals surface area contributed by atoms with Crippen molar-refractivity contribution in [1.29, 1.82) is 0 Å². The molecule has 200 valence electrons. The zero-order chi connectivity index (χ0) is 25.4. The van der Waals surface area contributed by atoms with Crippen molar-refractivity contribution in [3.63, 3.8) is 0 Å². The number of hydrogen-bond acceptors (Lipinski definition) is 8. The van der Waals surface area contributed by atoms with Crippen LogP contribution in [0.4, 0.5) is 17.5 Å². The third-order valence-corrected chi connectivity index (χ3v) is 9.62. The number of piperidine rings is 1. The van der Waals surface area contributed by atoms with Gasteiger partial charge in [-0.15, -0.1) is 0 Å². The summed E-state index contributed by atoms with van der Waals surface area (Å²) in [6, 6.07) is 8.27. The molecule has 4 N–H and O–H groups in total. The van der Waals surface area contributed by atoms with E-state index in [-0.39, 0.29) is 0 Å². The van der Waals surface area contributed by atoms with Gasteiger partial charge in [0, 0.05) is 31.1 Å². The molecule has 2 aromatic rings. The number of nitrogens with zero attached hydrogens (tertiary/aromatic N) is 3. The topological polar surface area (TPSA) is 103 Å². The van der Waals surface area contributed by atoms with E-state index in [4.69, 9.17) is 9.72 Å². The van der Waals surface area contributed by atoms with Crippen molar-refractivity contribution in [2.24, 2.45) is 23.7 Å². The Hall–Kier alpha value is -1.94. The average molecular weight is 573 g/mol. The quantitative estimate of drug-likeness (QED) is 0.351. The van der Waals surface area contributed by atoms with E-state index in [1.807, 2.05) is 24.3 Å². The zero-order valence-corrected chi connectivity index (χ0v) is 22.9. The molecule has 4 aliphatic carbocycles. The molecule has 0 amide bonds. The molecule has 1 aliphatic heterocycles. The Bertz CT molecular complexity index is 1060. The number of aliphatic hydroxyl groups is 2. The predicted octanol–water partition coefficient (Wildman–Crippen LogP) is 4.42. The lowest BCUT2D eigenvalue weighted by molar-refractivity contribution is -0.129. The molecule has 4 saturated carbocycles.